The van der Waals surface area contributed by atoms with E-state index in [1.165, 1.54) is 6.07 Å². The number of hydrogen-bond donors (Lipinski definition) is 2. The highest BCUT2D eigenvalue weighted by Gasteiger charge is 2.11. The molecule has 0 heterocycles. The second kappa shape index (κ2) is 4.35. The van der Waals surface area contributed by atoms with Gasteiger partial charge in [0.1, 0.15) is 11.5 Å². The Bertz CT molecular complexity index is 286. The van der Waals surface area contributed by atoms with E-state index >= 15 is 0 Å². The van der Waals surface area contributed by atoms with Crippen molar-refractivity contribution >= 4 is 5.69 Å². The summed E-state index contributed by atoms with van der Waals surface area (Å²) >= 11 is 0. The van der Waals surface area contributed by atoms with Crippen molar-refractivity contribution in [2.24, 2.45) is 0 Å². The van der Waals surface area contributed by atoms with Crippen LogP contribution in [-0.4, -0.2) is 11.1 Å². The molecule has 13 heavy (non-hydrogen) atoms. The Kier molecular flexibility index (Phi) is 3.39. The molecule has 0 aliphatic heterocycles. The normalized spacial score (nSPS) is 10.8. The highest BCUT2D eigenvalue weighted by Crippen LogP contribution is 2.14. The van der Waals surface area contributed by atoms with Crippen LogP contribution in [-0.2, 0) is 6.61 Å². The van der Waals surface area contributed by atoms with Crippen molar-refractivity contribution in [1.82, 2.24) is 0 Å². The first-order valence-electron chi connectivity index (χ1n) is 4.38. The molecule has 0 amide bonds. The summed E-state index contributed by atoms with van der Waals surface area (Å²) in [5, 5.41) is 10.9. The Morgan fingerprint density at radius 2 is 2.15 bits per heavy atom. The van der Waals surface area contributed by atoms with E-state index < -0.39 is 0 Å². The van der Waals surface area contributed by atoms with Gasteiger partial charge in [-0.3, -0.25) is 0 Å². The highest BCUT2D eigenvalue weighted by atomic mass is 19.1. The first-order valence-corrected chi connectivity index (χ1v) is 4.38. The van der Waals surface area contributed by atoms with Crippen LogP contribution < -0.4 is 5.32 Å². The number of aliphatic hydroxyl groups is 1. The maximum absolute atomic E-state index is 13.1. The molecule has 0 radical (unpaired) electrons. The Morgan fingerprint density at radius 3 is 2.69 bits per heavy atom. The van der Waals surface area contributed by atoms with E-state index in [1.807, 2.05) is 25.2 Å². The summed E-state index contributed by atoms with van der Waals surface area (Å²) in [7, 11) is 0. The smallest absolute Gasteiger partial charge is 0.138 e. The summed E-state index contributed by atoms with van der Waals surface area (Å²) in [6, 6.07) is 5.19. The van der Waals surface area contributed by atoms with Gasteiger partial charge in [-0.15, -0.1) is 0 Å². The Morgan fingerprint density at radius 1 is 1.46 bits per heavy atom. The fourth-order valence-electron chi connectivity index (χ4n) is 1.26. The minimum absolute atomic E-state index is 0.245. The Labute approximate surface area is 77.4 Å². The summed E-state index contributed by atoms with van der Waals surface area (Å²) in [5.41, 5.74) is 1.17. The molecular formula is C10H15FNO+. The monoisotopic (exact) mass is 184 g/mol. The molecule has 0 spiro atoms. The number of hydrogen-bond acceptors (Lipinski definition) is 1. The molecule has 0 saturated carbocycles. The van der Waals surface area contributed by atoms with E-state index in [9.17, 15) is 4.39 Å². The predicted octanol–water partition coefficient (Wildman–Crippen LogP) is 0.921. The van der Waals surface area contributed by atoms with Gasteiger partial charge in [-0.05, 0) is 26.0 Å². The van der Waals surface area contributed by atoms with Crippen LogP contribution in [0.1, 0.15) is 19.4 Å². The zero-order valence-corrected chi connectivity index (χ0v) is 7.92. The molecule has 2 nitrogen and oxygen atoms in total. The van der Waals surface area contributed by atoms with E-state index in [4.69, 9.17) is 5.11 Å². The predicted molar refractivity (Wildman–Crippen MR) is 49.0 cm³/mol. The summed E-state index contributed by atoms with van der Waals surface area (Å²) in [5.74, 6) is -0.336. The molecule has 3 heteroatoms. The minimum Gasteiger partial charge on any atom is -0.391 e. The van der Waals surface area contributed by atoms with Crippen molar-refractivity contribution in [3.05, 3.63) is 29.6 Å². The van der Waals surface area contributed by atoms with Crippen LogP contribution in [0.3, 0.4) is 0 Å². The second-order valence-electron chi connectivity index (χ2n) is 3.38. The fourth-order valence-corrected chi connectivity index (χ4v) is 1.26. The lowest BCUT2D eigenvalue weighted by molar-refractivity contribution is -0.603. The molecular weight excluding hydrogens is 169 g/mol. The third-order valence-corrected chi connectivity index (χ3v) is 1.83. The zero-order chi connectivity index (χ0) is 9.84. The number of quaternary nitrogens is 1. The van der Waals surface area contributed by atoms with Gasteiger partial charge in [-0.1, -0.05) is 6.07 Å². The molecule has 0 aromatic heterocycles. The molecule has 0 atom stereocenters. The minimum atomic E-state index is -0.336. The molecule has 1 rings (SSSR count). The second-order valence-corrected chi connectivity index (χ2v) is 3.38. The average molecular weight is 184 g/mol. The maximum Gasteiger partial charge on any atom is 0.138 e. The number of rotatable bonds is 3. The van der Waals surface area contributed by atoms with Crippen LogP contribution in [0.2, 0.25) is 0 Å². The summed E-state index contributed by atoms with van der Waals surface area (Å²) < 4.78 is 13.1. The maximum atomic E-state index is 13.1. The number of halogens is 1. The van der Waals surface area contributed by atoms with Gasteiger partial charge in [0.05, 0.1) is 18.2 Å². The SMILES string of the molecule is CC(C)[NH2+]c1cccc(F)c1CO. The van der Waals surface area contributed by atoms with Crippen molar-refractivity contribution in [3.63, 3.8) is 0 Å². The van der Waals surface area contributed by atoms with E-state index in [0.717, 1.165) is 5.69 Å². The lowest BCUT2D eigenvalue weighted by Crippen LogP contribution is -2.83. The van der Waals surface area contributed by atoms with Gasteiger partial charge >= 0.3 is 0 Å². The largest absolute Gasteiger partial charge is 0.391 e. The molecule has 72 valence electrons. The van der Waals surface area contributed by atoms with Crippen molar-refractivity contribution < 1.29 is 14.8 Å². The topological polar surface area (TPSA) is 36.8 Å². The van der Waals surface area contributed by atoms with Gasteiger partial charge in [-0.2, -0.15) is 0 Å². The molecule has 0 unspecified atom stereocenters. The average Bonchev–Trinajstić information content (AvgIpc) is 2.03. The van der Waals surface area contributed by atoms with E-state index in [2.05, 4.69) is 0 Å². The van der Waals surface area contributed by atoms with Crippen LogP contribution >= 0.6 is 0 Å². The van der Waals surface area contributed by atoms with Gasteiger partial charge in [0.2, 0.25) is 0 Å². The fraction of sp³-hybridized carbons (Fsp3) is 0.400. The van der Waals surface area contributed by atoms with Gasteiger partial charge in [0.25, 0.3) is 0 Å². The summed E-state index contributed by atoms with van der Waals surface area (Å²) in [4.78, 5) is 0. The third-order valence-electron chi connectivity index (χ3n) is 1.83. The number of aliphatic hydroxyl groups excluding tert-OH is 1. The molecule has 0 aliphatic rings. The quantitative estimate of drug-likeness (QED) is 0.673. The van der Waals surface area contributed by atoms with Crippen molar-refractivity contribution in [1.29, 1.82) is 0 Å². The first kappa shape index (κ1) is 10.2. The van der Waals surface area contributed by atoms with Crippen molar-refractivity contribution in [2.45, 2.75) is 26.5 Å². The molecule has 0 aliphatic carbocycles. The Hall–Kier alpha value is -0.930. The zero-order valence-electron chi connectivity index (χ0n) is 7.92. The lowest BCUT2D eigenvalue weighted by atomic mass is 10.1. The van der Waals surface area contributed by atoms with E-state index in [0.29, 0.717) is 11.6 Å². The van der Waals surface area contributed by atoms with Crippen LogP contribution in [0.5, 0.6) is 0 Å². The van der Waals surface area contributed by atoms with Gasteiger partial charge in [-0.25, -0.2) is 4.39 Å². The van der Waals surface area contributed by atoms with Crippen molar-refractivity contribution in [2.75, 3.05) is 0 Å². The number of nitrogens with two attached hydrogens (primary N) is 1. The lowest BCUT2D eigenvalue weighted by Gasteiger charge is -2.08. The summed E-state index contributed by atoms with van der Waals surface area (Å²) in [6.07, 6.45) is 0. The summed E-state index contributed by atoms with van der Waals surface area (Å²) in [6.45, 7) is 3.79. The molecule has 3 N–H and O–H groups in total. The van der Waals surface area contributed by atoms with Gasteiger partial charge in [0.15, 0.2) is 0 Å². The van der Waals surface area contributed by atoms with Gasteiger partial charge < -0.3 is 10.4 Å². The third kappa shape index (κ3) is 2.50. The molecule has 1 aromatic rings. The standard InChI is InChI=1S/C10H14FNO/c1-7(2)12-10-5-3-4-9(11)8(10)6-13/h3-5,7,12-13H,6H2,1-2H3/p+1. The van der Waals surface area contributed by atoms with Gasteiger partial charge in [0, 0.05) is 0 Å². The van der Waals surface area contributed by atoms with E-state index in [-0.39, 0.29) is 12.4 Å². The van der Waals surface area contributed by atoms with Crippen molar-refractivity contribution in [3.8, 4) is 0 Å². The molecule has 0 fully saturated rings. The highest BCUT2D eigenvalue weighted by molar-refractivity contribution is 5.39. The molecule has 0 bridgehead atoms. The number of benzene rings is 1. The first-order chi connectivity index (χ1) is 6.15. The molecule has 1 aromatic carbocycles. The Balaban J connectivity index is 2.98. The van der Waals surface area contributed by atoms with Crippen LogP contribution in [0.25, 0.3) is 0 Å². The van der Waals surface area contributed by atoms with Crippen LogP contribution in [0.4, 0.5) is 10.1 Å². The van der Waals surface area contributed by atoms with Crippen LogP contribution in [0.15, 0.2) is 18.2 Å². The van der Waals surface area contributed by atoms with Crippen LogP contribution in [0, 0.1) is 5.82 Å². The van der Waals surface area contributed by atoms with E-state index in [1.54, 1.807) is 6.07 Å². The molecule has 0 saturated heterocycles.